The second-order valence-electron chi connectivity index (χ2n) is 4.23. The number of anilines is 1. The molecule has 16 heavy (non-hydrogen) atoms. The summed E-state index contributed by atoms with van der Waals surface area (Å²) in [6.45, 7) is 5.84. The lowest BCUT2D eigenvalue weighted by atomic mass is 10.0. The third kappa shape index (κ3) is 2.72. The zero-order valence-corrected chi connectivity index (χ0v) is 10.1. The fraction of sp³-hybridized carbons (Fsp3) is 0.500. The summed E-state index contributed by atoms with van der Waals surface area (Å²) in [5.74, 6) is 0.260. The number of hydrogen-bond acceptors (Lipinski definition) is 3. The van der Waals surface area contributed by atoms with Crippen LogP contribution in [0.5, 0.6) is 0 Å². The Kier molecular flexibility index (Phi) is 3.88. The molecule has 0 aliphatic rings. The lowest BCUT2D eigenvalue weighted by Crippen LogP contribution is -2.36. The van der Waals surface area contributed by atoms with E-state index < -0.39 is 12.0 Å². The van der Waals surface area contributed by atoms with Gasteiger partial charge in [-0.25, -0.2) is 9.78 Å². The highest BCUT2D eigenvalue weighted by molar-refractivity contribution is 5.77. The van der Waals surface area contributed by atoms with Gasteiger partial charge < -0.3 is 10.0 Å². The van der Waals surface area contributed by atoms with E-state index in [1.165, 1.54) is 0 Å². The van der Waals surface area contributed by atoms with Gasteiger partial charge in [0, 0.05) is 13.2 Å². The topological polar surface area (TPSA) is 53.4 Å². The molecule has 1 rings (SSSR count). The summed E-state index contributed by atoms with van der Waals surface area (Å²) in [7, 11) is 1.74. The van der Waals surface area contributed by atoms with Crippen LogP contribution in [0.1, 0.15) is 32.3 Å². The van der Waals surface area contributed by atoms with Gasteiger partial charge in [0.05, 0.1) is 0 Å². The number of aromatic nitrogens is 1. The van der Waals surface area contributed by atoms with Crippen LogP contribution >= 0.6 is 0 Å². The number of carboxylic acid groups (broad SMARTS) is 1. The van der Waals surface area contributed by atoms with Crippen molar-refractivity contribution in [3.8, 4) is 0 Å². The fourth-order valence-corrected chi connectivity index (χ4v) is 1.35. The molecule has 0 aromatic carbocycles. The molecule has 0 bridgehead atoms. The normalized spacial score (nSPS) is 12.6. The summed E-state index contributed by atoms with van der Waals surface area (Å²) >= 11 is 0. The molecule has 1 aromatic rings. The largest absolute Gasteiger partial charge is 0.480 e. The number of likely N-dealkylation sites (N-methyl/N-ethyl adjacent to an activating group) is 1. The molecular weight excluding hydrogens is 204 g/mol. The minimum absolute atomic E-state index is 0.412. The van der Waals surface area contributed by atoms with Crippen LogP contribution in [-0.2, 0) is 4.79 Å². The second kappa shape index (κ2) is 4.96. The van der Waals surface area contributed by atoms with E-state index in [-0.39, 0.29) is 0 Å². The van der Waals surface area contributed by atoms with Gasteiger partial charge in [0.15, 0.2) is 0 Å². The molecule has 0 aliphatic heterocycles. The number of carboxylic acids is 1. The number of pyridine rings is 1. The molecule has 1 unspecified atom stereocenters. The first-order valence-corrected chi connectivity index (χ1v) is 5.35. The predicted octanol–water partition coefficient (Wildman–Crippen LogP) is 2.11. The molecule has 1 N–H and O–H groups in total. The minimum Gasteiger partial charge on any atom is -0.480 e. The molecule has 0 aliphatic carbocycles. The lowest BCUT2D eigenvalue weighted by molar-refractivity contribution is -0.138. The van der Waals surface area contributed by atoms with Crippen molar-refractivity contribution in [3.63, 3.8) is 0 Å². The van der Waals surface area contributed by atoms with Gasteiger partial charge in [-0.3, -0.25) is 0 Å². The van der Waals surface area contributed by atoms with Crippen LogP contribution in [0.3, 0.4) is 0 Å². The monoisotopic (exact) mass is 222 g/mol. The molecule has 4 heteroatoms. The summed E-state index contributed by atoms with van der Waals surface area (Å²) in [6, 6.07) is 3.31. The first-order valence-electron chi connectivity index (χ1n) is 5.35. The SMILES string of the molecule is CC(C)c1ccnc(N(C)C(C)C(=O)O)c1. The van der Waals surface area contributed by atoms with E-state index in [2.05, 4.69) is 18.8 Å². The summed E-state index contributed by atoms with van der Waals surface area (Å²) in [5, 5.41) is 8.92. The summed E-state index contributed by atoms with van der Waals surface area (Å²) in [4.78, 5) is 16.7. The number of nitrogens with zero attached hydrogens (tertiary/aromatic N) is 2. The Labute approximate surface area is 95.9 Å². The smallest absolute Gasteiger partial charge is 0.326 e. The Morgan fingerprint density at radius 1 is 1.44 bits per heavy atom. The molecule has 0 radical (unpaired) electrons. The fourth-order valence-electron chi connectivity index (χ4n) is 1.35. The van der Waals surface area contributed by atoms with Gasteiger partial charge in [-0.2, -0.15) is 0 Å². The molecule has 1 aromatic heterocycles. The van der Waals surface area contributed by atoms with Crippen molar-refractivity contribution in [3.05, 3.63) is 23.9 Å². The number of rotatable bonds is 4. The highest BCUT2D eigenvalue weighted by Crippen LogP contribution is 2.19. The number of hydrogen-bond donors (Lipinski definition) is 1. The van der Waals surface area contributed by atoms with Crippen molar-refractivity contribution >= 4 is 11.8 Å². The lowest BCUT2D eigenvalue weighted by Gasteiger charge is -2.23. The van der Waals surface area contributed by atoms with Crippen LogP contribution in [-0.4, -0.2) is 29.1 Å². The van der Waals surface area contributed by atoms with Crippen molar-refractivity contribution in [1.29, 1.82) is 0 Å². The molecule has 0 saturated heterocycles. The number of aliphatic carboxylic acids is 1. The van der Waals surface area contributed by atoms with E-state index >= 15 is 0 Å². The summed E-state index contributed by atoms with van der Waals surface area (Å²) in [5.41, 5.74) is 1.16. The van der Waals surface area contributed by atoms with Gasteiger partial charge in [-0.15, -0.1) is 0 Å². The zero-order valence-electron chi connectivity index (χ0n) is 10.1. The van der Waals surface area contributed by atoms with E-state index in [4.69, 9.17) is 5.11 Å². The Morgan fingerprint density at radius 3 is 2.56 bits per heavy atom. The molecule has 1 heterocycles. The Hall–Kier alpha value is -1.58. The molecule has 4 nitrogen and oxygen atoms in total. The van der Waals surface area contributed by atoms with Crippen molar-refractivity contribution in [2.75, 3.05) is 11.9 Å². The first kappa shape index (κ1) is 12.5. The summed E-state index contributed by atoms with van der Waals surface area (Å²) in [6.07, 6.45) is 1.72. The highest BCUT2D eigenvalue weighted by Gasteiger charge is 2.18. The molecule has 0 saturated carbocycles. The van der Waals surface area contributed by atoms with Crippen molar-refractivity contribution in [1.82, 2.24) is 4.98 Å². The average Bonchev–Trinajstić information content (AvgIpc) is 2.27. The minimum atomic E-state index is -0.848. The van der Waals surface area contributed by atoms with E-state index in [0.717, 1.165) is 5.56 Å². The van der Waals surface area contributed by atoms with Gasteiger partial charge in [0.25, 0.3) is 0 Å². The highest BCUT2D eigenvalue weighted by atomic mass is 16.4. The van der Waals surface area contributed by atoms with Crippen LogP contribution in [0.4, 0.5) is 5.82 Å². The van der Waals surface area contributed by atoms with Crippen LogP contribution in [0, 0.1) is 0 Å². The molecular formula is C12H18N2O2. The Morgan fingerprint density at radius 2 is 2.06 bits per heavy atom. The van der Waals surface area contributed by atoms with Gasteiger partial charge in [-0.05, 0) is 30.5 Å². The third-order valence-corrected chi connectivity index (χ3v) is 2.74. The quantitative estimate of drug-likeness (QED) is 0.847. The molecule has 88 valence electrons. The maximum atomic E-state index is 10.9. The van der Waals surface area contributed by atoms with Crippen molar-refractivity contribution < 1.29 is 9.90 Å². The zero-order chi connectivity index (χ0) is 12.3. The molecule has 0 spiro atoms. The molecule has 0 fully saturated rings. The molecule has 0 amide bonds. The second-order valence-corrected chi connectivity index (χ2v) is 4.23. The molecule has 1 atom stereocenters. The van der Waals surface area contributed by atoms with E-state index in [1.54, 1.807) is 25.1 Å². The van der Waals surface area contributed by atoms with Gasteiger partial charge in [0.1, 0.15) is 11.9 Å². The van der Waals surface area contributed by atoms with E-state index in [0.29, 0.717) is 11.7 Å². The number of carbonyl (C=O) groups is 1. The maximum absolute atomic E-state index is 10.9. The summed E-state index contributed by atoms with van der Waals surface area (Å²) < 4.78 is 0. The van der Waals surface area contributed by atoms with Crippen LogP contribution < -0.4 is 4.90 Å². The first-order chi connectivity index (χ1) is 7.43. The predicted molar refractivity (Wildman–Crippen MR) is 63.8 cm³/mol. The Bertz CT molecular complexity index is 377. The van der Waals surface area contributed by atoms with Crippen LogP contribution in [0.15, 0.2) is 18.3 Å². The van der Waals surface area contributed by atoms with Gasteiger partial charge in [-0.1, -0.05) is 13.8 Å². The van der Waals surface area contributed by atoms with Crippen LogP contribution in [0.2, 0.25) is 0 Å². The van der Waals surface area contributed by atoms with Gasteiger partial charge in [0.2, 0.25) is 0 Å². The standard InChI is InChI=1S/C12H18N2O2/c1-8(2)10-5-6-13-11(7-10)14(4)9(3)12(15)16/h5-9H,1-4H3,(H,15,16). The van der Waals surface area contributed by atoms with Gasteiger partial charge >= 0.3 is 5.97 Å². The third-order valence-electron chi connectivity index (χ3n) is 2.74. The average molecular weight is 222 g/mol. The van der Waals surface area contributed by atoms with E-state index in [1.807, 2.05) is 12.1 Å². The van der Waals surface area contributed by atoms with Crippen molar-refractivity contribution in [2.24, 2.45) is 0 Å². The Balaban J connectivity index is 2.95. The van der Waals surface area contributed by atoms with Crippen LogP contribution in [0.25, 0.3) is 0 Å². The van der Waals surface area contributed by atoms with Crippen molar-refractivity contribution in [2.45, 2.75) is 32.7 Å². The maximum Gasteiger partial charge on any atom is 0.326 e. The van der Waals surface area contributed by atoms with E-state index in [9.17, 15) is 4.79 Å².